The number of benzene rings is 2. The molecule has 1 heterocycles. The second-order valence-corrected chi connectivity index (χ2v) is 22.3. The van der Waals surface area contributed by atoms with Crippen LogP contribution in [0.3, 0.4) is 0 Å². The molecule has 74 heavy (non-hydrogen) atoms. The highest BCUT2D eigenvalue weighted by molar-refractivity contribution is 5.93. The zero-order chi connectivity index (χ0) is 52.8. The fraction of sp³-hybridized carbons (Fsp3) is 0.788. The molecule has 3 rings (SSSR count). The van der Waals surface area contributed by atoms with Crippen LogP contribution in [0.4, 0.5) is 5.69 Å². The molecule has 1 saturated heterocycles. The molecule has 2 aromatic rings. The van der Waals surface area contributed by atoms with Gasteiger partial charge in [-0.25, -0.2) is 9.79 Å². The lowest BCUT2D eigenvalue weighted by molar-refractivity contribution is 0.0733. The Kier molecular flexibility index (Phi) is 40.1. The Morgan fingerprint density at radius 3 is 1.07 bits per heavy atom. The van der Waals surface area contributed by atoms with Gasteiger partial charge in [0, 0.05) is 33.3 Å². The largest absolute Gasteiger partial charge is 0.490 e. The van der Waals surface area contributed by atoms with Gasteiger partial charge in [-0.3, -0.25) is 0 Å². The Morgan fingerprint density at radius 1 is 0.419 bits per heavy atom. The maximum atomic E-state index is 14.1. The molecule has 0 N–H and O–H groups in total. The smallest absolute Gasteiger partial charge is 0.343 e. The molecule has 8 nitrogen and oxygen atoms in total. The number of esters is 1. The lowest BCUT2D eigenvalue weighted by atomic mass is 10.0. The third kappa shape index (κ3) is 32.2. The monoisotopic (exact) mass is 1030 g/mol. The van der Waals surface area contributed by atoms with Gasteiger partial charge in [0.25, 0.3) is 0 Å². The molecular weight excluding hydrogens is 915 g/mol. The first kappa shape index (κ1) is 64.9. The summed E-state index contributed by atoms with van der Waals surface area (Å²) in [6.45, 7) is 10.5. The van der Waals surface area contributed by atoms with E-state index in [-0.39, 0.29) is 0 Å². The standard InChI is InChI=1S/C66H115N3O5/c1-6-9-12-15-18-21-24-27-30-33-36-39-42-45-53-71-62-56-59(65(70)74-61-50-48-49-60(58-61)67-66-68(4)51-52-69(66)5)57-63(72-54-46-43-40-37-34-31-28-25-22-19-16-13-10-7-2)64(62)73-55-47-44-41-38-35-32-29-26-23-20-17-14-11-8-3/h48-50,56-58H,6-47,51-55H2,1-5H3. The maximum Gasteiger partial charge on any atom is 0.343 e. The zero-order valence-corrected chi connectivity index (χ0v) is 49.1. The first-order valence-electron chi connectivity index (χ1n) is 31.9. The molecule has 1 aliphatic rings. The van der Waals surface area contributed by atoms with Crippen LogP contribution in [0, 0.1) is 0 Å². The van der Waals surface area contributed by atoms with E-state index in [9.17, 15) is 4.79 Å². The normalized spacial score (nSPS) is 12.5. The third-order valence-corrected chi connectivity index (χ3v) is 15.2. The third-order valence-electron chi connectivity index (χ3n) is 15.2. The number of guanidine groups is 1. The van der Waals surface area contributed by atoms with Crippen LogP contribution in [0.1, 0.15) is 301 Å². The molecular formula is C66H115N3O5. The zero-order valence-electron chi connectivity index (χ0n) is 49.1. The van der Waals surface area contributed by atoms with Crippen molar-refractivity contribution < 1.29 is 23.7 Å². The number of likely N-dealkylation sites (N-methyl/N-ethyl adjacent to an activating group) is 2. The first-order valence-corrected chi connectivity index (χ1v) is 31.9. The van der Waals surface area contributed by atoms with Crippen molar-refractivity contribution in [2.75, 3.05) is 47.0 Å². The van der Waals surface area contributed by atoms with Gasteiger partial charge in [0.1, 0.15) is 5.75 Å². The van der Waals surface area contributed by atoms with E-state index < -0.39 is 5.97 Å². The number of ether oxygens (including phenoxy) is 4. The first-order chi connectivity index (χ1) is 36.5. The van der Waals surface area contributed by atoms with Crippen molar-refractivity contribution in [3.8, 4) is 23.0 Å². The number of aliphatic imine (C=N–C) groups is 1. The van der Waals surface area contributed by atoms with Crippen LogP contribution in [0.2, 0.25) is 0 Å². The molecule has 1 fully saturated rings. The molecule has 0 radical (unpaired) electrons. The summed E-state index contributed by atoms with van der Waals surface area (Å²) in [6.07, 6.45) is 55.2. The summed E-state index contributed by atoms with van der Waals surface area (Å²) in [7, 11) is 4.11. The molecule has 0 aliphatic carbocycles. The number of nitrogens with zero attached hydrogens (tertiary/aromatic N) is 3. The number of unbranched alkanes of at least 4 members (excludes halogenated alkanes) is 39. The van der Waals surface area contributed by atoms with Gasteiger partial charge in [-0.1, -0.05) is 277 Å². The lowest BCUT2D eigenvalue weighted by Gasteiger charge is -2.19. The Morgan fingerprint density at radius 2 is 0.730 bits per heavy atom. The Bertz CT molecular complexity index is 1600. The quantitative estimate of drug-likeness (QED) is 0.0371. The van der Waals surface area contributed by atoms with Crippen molar-refractivity contribution in [3.05, 3.63) is 42.0 Å². The number of rotatable bonds is 51. The topological polar surface area (TPSA) is 72.8 Å². The highest BCUT2D eigenvalue weighted by Crippen LogP contribution is 2.40. The van der Waals surface area contributed by atoms with Crippen molar-refractivity contribution in [1.29, 1.82) is 0 Å². The fourth-order valence-electron chi connectivity index (χ4n) is 10.3. The van der Waals surface area contributed by atoms with Crippen LogP contribution in [-0.4, -0.2) is 68.7 Å². The number of carbonyl (C=O) groups is 1. The van der Waals surface area contributed by atoms with E-state index >= 15 is 0 Å². The molecule has 0 saturated carbocycles. The Hall–Kier alpha value is -3.42. The van der Waals surface area contributed by atoms with E-state index in [1.807, 2.05) is 36.4 Å². The van der Waals surface area contributed by atoms with Crippen LogP contribution in [0.25, 0.3) is 0 Å². The van der Waals surface area contributed by atoms with Gasteiger partial charge in [0.2, 0.25) is 11.7 Å². The average Bonchev–Trinajstić information content (AvgIpc) is 3.72. The number of hydrogen-bond acceptors (Lipinski definition) is 6. The van der Waals surface area contributed by atoms with E-state index in [1.54, 1.807) is 0 Å². The van der Waals surface area contributed by atoms with Gasteiger partial charge in [-0.2, -0.15) is 0 Å². The predicted octanol–water partition coefficient (Wildman–Crippen LogP) is 20.4. The van der Waals surface area contributed by atoms with Crippen molar-refractivity contribution in [2.24, 2.45) is 4.99 Å². The average molecular weight is 1030 g/mol. The molecule has 0 spiro atoms. The summed E-state index contributed by atoms with van der Waals surface area (Å²) < 4.78 is 25.9. The van der Waals surface area contributed by atoms with E-state index in [1.165, 1.54) is 231 Å². The highest BCUT2D eigenvalue weighted by atomic mass is 16.5. The van der Waals surface area contributed by atoms with Crippen molar-refractivity contribution in [3.63, 3.8) is 0 Å². The van der Waals surface area contributed by atoms with E-state index in [4.69, 9.17) is 23.9 Å². The van der Waals surface area contributed by atoms with Gasteiger partial charge in [0.05, 0.1) is 31.1 Å². The lowest BCUT2D eigenvalue weighted by Crippen LogP contribution is -2.27. The van der Waals surface area contributed by atoms with Crippen LogP contribution in [0.5, 0.6) is 23.0 Å². The summed E-state index contributed by atoms with van der Waals surface area (Å²) in [5.41, 5.74) is 1.14. The molecule has 0 bridgehead atoms. The minimum Gasteiger partial charge on any atom is -0.490 e. The second kappa shape index (κ2) is 45.7. The summed E-state index contributed by atoms with van der Waals surface area (Å²) in [6, 6.07) is 11.1. The van der Waals surface area contributed by atoms with Gasteiger partial charge in [-0.05, 0) is 43.5 Å². The van der Waals surface area contributed by atoms with Gasteiger partial charge in [-0.15, -0.1) is 0 Å². The molecule has 1 aliphatic heterocycles. The molecule has 2 aromatic carbocycles. The van der Waals surface area contributed by atoms with Gasteiger partial charge < -0.3 is 28.7 Å². The molecule has 0 amide bonds. The highest BCUT2D eigenvalue weighted by Gasteiger charge is 2.22. The Labute approximate surface area is 456 Å². The van der Waals surface area contributed by atoms with Crippen LogP contribution in [-0.2, 0) is 0 Å². The van der Waals surface area contributed by atoms with E-state index in [2.05, 4.69) is 44.7 Å². The van der Waals surface area contributed by atoms with Gasteiger partial charge in [0.15, 0.2) is 11.5 Å². The molecule has 424 valence electrons. The summed E-state index contributed by atoms with van der Waals surface area (Å²) >= 11 is 0. The summed E-state index contributed by atoms with van der Waals surface area (Å²) in [5.74, 6) is 2.67. The Balaban J connectivity index is 1.62. The van der Waals surface area contributed by atoms with Crippen LogP contribution in [0.15, 0.2) is 41.4 Å². The number of carbonyl (C=O) groups excluding carboxylic acids is 1. The van der Waals surface area contributed by atoms with Gasteiger partial charge >= 0.3 is 5.97 Å². The molecule has 0 unspecified atom stereocenters. The van der Waals surface area contributed by atoms with E-state index in [0.717, 1.165) is 63.3 Å². The second-order valence-electron chi connectivity index (χ2n) is 22.3. The summed E-state index contributed by atoms with van der Waals surface area (Å²) in [4.78, 5) is 23.3. The molecule has 8 heteroatoms. The maximum absolute atomic E-state index is 14.1. The summed E-state index contributed by atoms with van der Waals surface area (Å²) in [5, 5.41) is 0. The SMILES string of the molecule is CCCCCCCCCCCCCCCCOc1cc(C(=O)Oc2cccc(N=C3N(C)CCN3C)c2)cc(OCCCCCCCCCCCCCCCC)c1OCCCCCCCCCCCCCCCC. The van der Waals surface area contributed by atoms with Crippen molar-refractivity contribution >= 4 is 17.6 Å². The minimum absolute atomic E-state index is 0.396. The number of hydrogen-bond donors (Lipinski definition) is 0. The van der Waals surface area contributed by atoms with E-state index in [0.29, 0.717) is 48.4 Å². The van der Waals surface area contributed by atoms with Crippen LogP contribution >= 0.6 is 0 Å². The van der Waals surface area contributed by atoms with Crippen molar-refractivity contribution in [1.82, 2.24) is 9.80 Å². The molecule has 0 aromatic heterocycles. The predicted molar refractivity (Wildman–Crippen MR) is 318 cm³/mol. The van der Waals surface area contributed by atoms with Crippen LogP contribution < -0.4 is 18.9 Å². The minimum atomic E-state index is -0.453. The van der Waals surface area contributed by atoms with Crippen molar-refractivity contribution in [2.45, 2.75) is 290 Å². The fourth-order valence-corrected chi connectivity index (χ4v) is 10.3. The molecule has 0 atom stereocenters.